The Morgan fingerprint density at radius 1 is 0.824 bits per heavy atom. The summed E-state index contributed by atoms with van der Waals surface area (Å²) < 4.78 is 0. The zero-order chi connectivity index (χ0) is 13.1. The lowest BCUT2D eigenvalue weighted by atomic mass is 10.2. The fourth-order valence-electron chi connectivity index (χ4n) is 1.42. The van der Waals surface area contributed by atoms with E-state index in [1.165, 1.54) is 0 Å². The standard InChI is InChI=1S/C11H14N6/c1-11(17(8-4-14)9-5-15)10-16(6-2-12)7-3-13/h11H,6-10H2,1H3/t11-/m0/s1. The van der Waals surface area contributed by atoms with Crippen LogP contribution < -0.4 is 0 Å². The van der Waals surface area contributed by atoms with Gasteiger partial charge >= 0.3 is 0 Å². The van der Waals surface area contributed by atoms with Gasteiger partial charge in [0.2, 0.25) is 0 Å². The highest BCUT2D eigenvalue weighted by atomic mass is 15.2. The largest absolute Gasteiger partial charge is 0.276 e. The predicted octanol–water partition coefficient (Wildman–Crippen LogP) is 0.0732. The molecule has 0 aliphatic carbocycles. The average Bonchev–Trinajstić information content (AvgIpc) is 2.29. The summed E-state index contributed by atoms with van der Waals surface area (Å²) in [5.74, 6) is 0. The molecule has 0 aromatic rings. The van der Waals surface area contributed by atoms with Crippen molar-refractivity contribution < 1.29 is 0 Å². The molecule has 0 fully saturated rings. The summed E-state index contributed by atoms with van der Waals surface area (Å²) in [6, 6.07) is 7.92. The van der Waals surface area contributed by atoms with Crippen molar-refractivity contribution in [1.29, 1.82) is 21.0 Å². The van der Waals surface area contributed by atoms with Gasteiger partial charge in [0.25, 0.3) is 0 Å². The van der Waals surface area contributed by atoms with Crippen LogP contribution in [0, 0.1) is 45.3 Å². The van der Waals surface area contributed by atoms with Gasteiger partial charge in [0.1, 0.15) is 0 Å². The van der Waals surface area contributed by atoms with Crippen molar-refractivity contribution >= 4 is 0 Å². The Kier molecular flexibility index (Phi) is 7.99. The van der Waals surface area contributed by atoms with Crippen molar-refractivity contribution in [2.75, 3.05) is 32.7 Å². The van der Waals surface area contributed by atoms with E-state index in [0.29, 0.717) is 6.54 Å². The monoisotopic (exact) mass is 230 g/mol. The van der Waals surface area contributed by atoms with E-state index in [-0.39, 0.29) is 32.2 Å². The van der Waals surface area contributed by atoms with E-state index < -0.39 is 0 Å². The summed E-state index contributed by atoms with van der Waals surface area (Å²) in [4.78, 5) is 3.40. The third-order valence-electron chi connectivity index (χ3n) is 2.28. The molecule has 0 aromatic heterocycles. The van der Waals surface area contributed by atoms with Gasteiger partial charge in [-0.2, -0.15) is 21.0 Å². The highest BCUT2D eigenvalue weighted by molar-refractivity contribution is 4.90. The van der Waals surface area contributed by atoms with E-state index in [1.807, 2.05) is 31.2 Å². The van der Waals surface area contributed by atoms with Crippen LogP contribution in [0.4, 0.5) is 0 Å². The van der Waals surface area contributed by atoms with Crippen LogP contribution in [-0.4, -0.2) is 48.6 Å². The van der Waals surface area contributed by atoms with E-state index in [4.69, 9.17) is 21.0 Å². The molecule has 0 bridgehead atoms. The SMILES string of the molecule is C[C@@H](CN(CC#N)CC#N)N(CC#N)CC#N. The molecule has 0 rings (SSSR count). The topological polar surface area (TPSA) is 102 Å². The lowest BCUT2D eigenvalue weighted by Gasteiger charge is -2.28. The minimum absolute atomic E-state index is 0.0454. The van der Waals surface area contributed by atoms with Gasteiger partial charge in [-0.15, -0.1) is 0 Å². The molecule has 0 amide bonds. The Morgan fingerprint density at radius 2 is 1.24 bits per heavy atom. The average molecular weight is 230 g/mol. The molecule has 0 radical (unpaired) electrons. The normalized spacial score (nSPS) is 11.2. The van der Waals surface area contributed by atoms with Crippen LogP contribution >= 0.6 is 0 Å². The van der Waals surface area contributed by atoms with E-state index in [2.05, 4.69) is 0 Å². The molecule has 0 saturated heterocycles. The first-order valence-corrected chi connectivity index (χ1v) is 5.13. The van der Waals surface area contributed by atoms with E-state index in [1.54, 1.807) is 9.80 Å². The third kappa shape index (κ3) is 6.13. The minimum atomic E-state index is -0.0454. The molecule has 1 atom stereocenters. The van der Waals surface area contributed by atoms with E-state index in [9.17, 15) is 0 Å². The summed E-state index contributed by atoms with van der Waals surface area (Å²) >= 11 is 0. The Hall–Kier alpha value is -2.12. The highest BCUT2D eigenvalue weighted by Crippen LogP contribution is 2.01. The molecular weight excluding hydrogens is 216 g/mol. The van der Waals surface area contributed by atoms with Crippen LogP contribution in [-0.2, 0) is 0 Å². The minimum Gasteiger partial charge on any atom is -0.276 e. The zero-order valence-corrected chi connectivity index (χ0v) is 9.80. The Balaban J connectivity index is 4.41. The molecule has 0 heterocycles. The lowest BCUT2D eigenvalue weighted by molar-refractivity contribution is 0.195. The molecule has 88 valence electrons. The van der Waals surface area contributed by atoms with Gasteiger partial charge in [-0.3, -0.25) is 9.80 Å². The Bertz CT molecular complexity index is 345. The second-order valence-corrected chi connectivity index (χ2v) is 3.56. The van der Waals surface area contributed by atoms with Crippen LogP contribution in [0.2, 0.25) is 0 Å². The highest BCUT2D eigenvalue weighted by Gasteiger charge is 2.16. The van der Waals surface area contributed by atoms with Crippen molar-refractivity contribution in [1.82, 2.24) is 9.80 Å². The van der Waals surface area contributed by atoms with Crippen molar-refractivity contribution in [2.24, 2.45) is 0 Å². The van der Waals surface area contributed by atoms with Gasteiger partial charge < -0.3 is 0 Å². The number of hydrogen-bond donors (Lipinski definition) is 0. The van der Waals surface area contributed by atoms with Crippen LogP contribution in [0.3, 0.4) is 0 Å². The molecule has 6 nitrogen and oxygen atoms in total. The van der Waals surface area contributed by atoms with Crippen molar-refractivity contribution in [3.05, 3.63) is 0 Å². The van der Waals surface area contributed by atoms with Gasteiger partial charge in [-0.05, 0) is 6.92 Å². The molecule has 6 heteroatoms. The Morgan fingerprint density at radius 3 is 1.59 bits per heavy atom. The van der Waals surface area contributed by atoms with Gasteiger partial charge in [0, 0.05) is 12.6 Å². The first-order valence-electron chi connectivity index (χ1n) is 5.13. The van der Waals surface area contributed by atoms with Crippen LogP contribution in [0.5, 0.6) is 0 Å². The Labute approximate surface area is 101 Å². The maximum atomic E-state index is 8.63. The van der Waals surface area contributed by atoms with Gasteiger partial charge in [-0.1, -0.05) is 0 Å². The first kappa shape index (κ1) is 14.9. The molecule has 0 aliphatic heterocycles. The summed E-state index contributed by atoms with van der Waals surface area (Å²) in [7, 11) is 0. The maximum Gasteiger partial charge on any atom is 0.0877 e. The smallest absolute Gasteiger partial charge is 0.0877 e. The molecule has 0 aliphatic rings. The molecular formula is C11H14N6. The van der Waals surface area contributed by atoms with Crippen molar-refractivity contribution in [3.63, 3.8) is 0 Å². The summed E-state index contributed by atoms with van der Waals surface area (Å²) in [6.45, 7) is 3.04. The van der Waals surface area contributed by atoms with Gasteiger partial charge in [0.05, 0.1) is 50.5 Å². The summed E-state index contributed by atoms with van der Waals surface area (Å²) in [6.07, 6.45) is 0. The summed E-state index contributed by atoms with van der Waals surface area (Å²) in [5, 5.41) is 34.5. The quantitative estimate of drug-likeness (QED) is 0.573. The number of rotatable bonds is 7. The third-order valence-corrected chi connectivity index (χ3v) is 2.28. The van der Waals surface area contributed by atoms with Crippen LogP contribution in [0.1, 0.15) is 6.92 Å². The molecule has 0 unspecified atom stereocenters. The van der Waals surface area contributed by atoms with Gasteiger partial charge in [0.15, 0.2) is 0 Å². The van der Waals surface area contributed by atoms with Crippen LogP contribution in [0.25, 0.3) is 0 Å². The fourth-order valence-corrected chi connectivity index (χ4v) is 1.42. The maximum absolute atomic E-state index is 8.63. The van der Waals surface area contributed by atoms with Crippen LogP contribution in [0.15, 0.2) is 0 Å². The molecule has 0 saturated carbocycles. The lowest BCUT2D eigenvalue weighted by Crippen LogP contribution is -2.43. The van der Waals surface area contributed by atoms with Crippen molar-refractivity contribution in [2.45, 2.75) is 13.0 Å². The predicted molar refractivity (Wildman–Crippen MR) is 59.9 cm³/mol. The number of hydrogen-bond acceptors (Lipinski definition) is 6. The number of nitriles is 4. The first-order chi connectivity index (χ1) is 8.19. The molecule has 0 N–H and O–H groups in total. The fraction of sp³-hybridized carbons (Fsp3) is 0.636. The van der Waals surface area contributed by atoms with E-state index >= 15 is 0 Å². The molecule has 0 spiro atoms. The second kappa shape index (κ2) is 9.13. The van der Waals surface area contributed by atoms with E-state index in [0.717, 1.165) is 0 Å². The molecule has 0 aromatic carbocycles. The molecule has 17 heavy (non-hydrogen) atoms. The number of nitrogens with zero attached hydrogens (tertiary/aromatic N) is 6. The second-order valence-electron chi connectivity index (χ2n) is 3.56. The summed E-state index contributed by atoms with van der Waals surface area (Å²) in [5.41, 5.74) is 0. The zero-order valence-electron chi connectivity index (χ0n) is 9.80. The van der Waals surface area contributed by atoms with Crippen molar-refractivity contribution in [3.8, 4) is 24.3 Å². The van der Waals surface area contributed by atoms with Gasteiger partial charge in [-0.25, -0.2) is 0 Å².